The van der Waals surface area contributed by atoms with E-state index in [0.717, 1.165) is 67.6 Å². The molecule has 0 radical (unpaired) electrons. The summed E-state index contributed by atoms with van der Waals surface area (Å²) in [4.78, 5) is 28.8. The van der Waals surface area contributed by atoms with E-state index in [-0.39, 0.29) is 5.91 Å². The minimum absolute atomic E-state index is 0.0312. The standard InChI is InChI=1S/C25H29ClN6O/c1-2-23(33)32-12-10-31(11-13-32)18-7-5-6-17(14-18)29-25-28-16-21(26)24(30-25)20-15-27-22-9-4-3-8-19(20)22/h2-4,8-9,15-18,27H,1,5-7,10-14H2,(H,28,29,30)/t17-,18-/m1/s1. The van der Waals surface area contributed by atoms with E-state index in [4.69, 9.17) is 16.6 Å². The van der Waals surface area contributed by atoms with E-state index in [2.05, 4.69) is 32.8 Å². The van der Waals surface area contributed by atoms with Gasteiger partial charge >= 0.3 is 0 Å². The van der Waals surface area contributed by atoms with Gasteiger partial charge in [0, 0.05) is 60.9 Å². The Kier molecular flexibility index (Phi) is 6.33. The number of hydrogen-bond acceptors (Lipinski definition) is 5. The fourth-order valence-corrected chi connectivity index (χ4v) is 5.33. The van der Waals surface area contributed by atoms with Crippen LogP contribution in [0.15, 0.2) is 49.3 Å². The molecule has 33 heavy (non-hydrogen) atoms. The summed E-state index contributed by atoms with van der Waals surface area (Å²) in [5, 5.41) is 5.20. The predicted molar refractivity (Wildman–Crippen MR) is 132 cm³/mol. The molecule has 2 aromatic heterocycles. The molecule has 1 saturated carbocycles. The number of benzene rings is 1. The van der Waals surface area contributed by atoms with Crippen molar-refractivity contribution in [2.45, 2.75) is 37.8 Å². The third-order valence-corrected chi connectivity index (χ3v) is 7.16. The number of H-pyrrole nitrogens is 1. The van der Waals surface area contributed by atoms with Crippen LogP contribution in [-0.2, 0) is 4.79 Å². The number of aromatic amines is 1. The molecule has 2 aliphatic rings. The number of amides is 1. The Morgan fingerprint density at radius 2 is 2.03 bits per heavy atom. The lowest BCUT2D eigenvalue weighted by Crippen LogP contribution is -2.53. The highest BCUT2D eigenvalue weighted by Gasteiger charge is 2.30. The summed E-state index contributed by atoms with van der Waals surface area (Å²) < 4.78 is 0. The van der Waals surface area contributed by atoms with Crippen LogP contribution in [0.2, 0.25) is 5.02 Å². The van der Waals surface area contributed by atoms with Crippen LogP contribution < -0.4 is 5.32 Å². The molecule has 8 heteroatoms. The number of fused-ring (bicyclic) bond motifs is 1. The summed E-state index contributed by atoms with van der Waals surface area (Å²) >= 11 is 6.49. The molecule has 0 spiro atoms. The lowest BCUT2D eigenvalue weighted by molar-refractivity contribution is -0.128. The fourth-order valence-electron chi connectivity index (χ4n) is 5.14. The summed E-state index contributed by atoms with van der Waals surface area (Å²) in [7, 11) is 0. The number of carbonyl (C=O) groups excluding carboxylic acids is 1. The summed E-state index contributed by atoms with van der Waals surface area (Å²) in [6.45, 7) is 6.98. The van der Waals surface area contributed by atoms with Gasteiger partial charge in [-0.25, -0.2) is 9.97 Å². The molecule has 172 valence electrons. The van der Waals surface area contributed by atoms with Crippen molar-refractivity contribution in [3.63, 3.8) is 0 Å². The van der Waals surface area contributed by atoms with E-state index >= 15 is 0 Å². The second kappa shape index (κ2) is 9.53. The Labute approximate surface area is 198 Å². The number of rotatable bonds is 5. The van der Waals surface area contributed by atoms with Crippen molar-refractivity contribution in [3.05, 3.63) is 54.3 Å². The molecule has 7 nitrogen and oxygen atoms in total. The number of aromatic nitrogens is 3. The largest absolute Gasteiger partial charge is 0.360 e. The zero-order valence-corrected chi connectivity index (χ0v) is 19.4. The van der Waals surface area contributed by atoms with Crippen LogP contribution in [0.4, 0.5) is 5.95 Å². The second-order valence-corrected chi connectivity index (χ2v) is 9.27. The quantitative estimate of drug-likeness (QED) is 0.549. The molecule has 2 atom stereocenters. The van der Waals surface area contributed by atoms with Crippen molar-refractivity contribution in [3.8, 4) is 11.3 Å². The Hall–Kier alpha value is -2.90. The van der Waals surface area contributed by atoms with E-state index in [1.54, 1.807) is 6.20 Å². The number of nitrogens with zero attached hydrogens (tertiary/aromatic N) is 4. The third kappa shape index (κ3) is 4.61. The van der Waals surface area contributed by atoms with Crippen molar-refractivity contribution in [1.29, 1.82) is 0 Å². The van der Waals surface area contributed by atoms with E-state index < -0.39 is 0 Å². The van der Waals surface area contributed by atoms with Crippen LogP contribution in [-0.4, -0.2) is 68.9 Å². The Morgan fingerprint density at radius 3 is 2.85 bits per heavy atom. The van der Waals surface area contributed by atoms with Gasteiger partial charge in [0.25, 0.3) is 0 Å². The highest BCUT2D eigenvalue weighted by Crippen LogP contribution is 2.33. The van der Waals surface area contributed by atoms with Gasteiger partial charge in [-0.15, -0.1) is 0 Å². The van der Waals surface area contributed by atoms with Gasteiger partial charge in [-0.3, -0.25) is 9.69 Å². The number of anilines is 1. The van der Waals surface area contributed by atoms with Gasteiger partial charge in [0.15, 0.2) is 0 Å². The first-order valence-corrected chi connectivity index (χ1v) is 12.0. The maximum Gasteiger partial charge on any atom is 0.246 e. The highest BCUT2D eigenvalue weighted by atomic mass is 35.5. The SMILES string of the molecule is C=CC(=O)N1CCN([C@@H]2CCC[C@@H](Nc3ncc(Cl)c(-c4c[nH]c5ccccc45)n3)C2)CC1. The second-order valence-electron chi connectivity index (χ2n) is 8.87. The average molecular weight is 465 g/mol. The monoisotopic (exact) mass is 464 g/mol. The first-order valence-electron chi connectivity index (χ1n) is 11.6. The van der Waals surface area contributed by atoms with Gasteiger partial charge in [0.1, 0.15) is 0 Å². The van der Waals surface area contributed by atoms with Gasteiger partial charge in [-0.2, -0.15) is 0 Å². The minimum Gasteiger partial charge on any atom is -0.360 e. The molecule has 2 fully saturated rings. The number of carbonyl (C=O) groups is 1. The Bertz CT molecular complexity index is 1150. The van der Waals surface area contributed by atoms with Crippen molar-refractivity contribution < 1.29 is 4.79 Å². The number of para-hydroxylation sites is 1. The molecule has 2 N–H and O–H groups in total. The maximum atomic E-state index is 11.9. The third-order valence-electron chi connectivity index (χ3n) is 6.89. The predicted octanol–water partition coefficient (Wildman–Crippen LogP) is 4.33. The summed E-state index contributed by atoms with van der Waals surface area (Å²) in [6, 6.07) is 8.96. The molecule has 0 unspecified atom stereocenters. The molecule has 3 heterocycles. The molecule has 1 amide bonds. The van der Waals surface area contributed by atoms with Crippen LogP contribution in [0.3, 0.4) is 0 Å². The van der Waals surface area contributed by atoms with Crippen LogP contribution in [0, 0.1) is 0 Å². The van der Waals surface area contributed by atoms with Gasteiger partial charge < -0.3 is 15.2 Å². The lowest BCUT2D eigenvalue weighted by atomic mass is 9.89. The van der Waals surface area contributed by atoms with Crippen molar-refractivity contribution in [2.75, 3.05) is 31.5 Å². The highest BCUT2D eigenvalue weighted by molar-refractivity contribution is 6.33. The zero-order valence-electron chi connectivity index (χ0n) is 18.6. The van der Waals surface area contributed by atoms with Crippen LogP contribution in [0.25, 0.3) is 22.2 Å². The number of halogens is 1. The molecule has 1 aliphatic carbocycles. The molecule has 0 bridgehead atoms. The van der Waals surface area contributed by atoms with Crippen LogP contribution in [0.5, 0.6) is 0 Å². The smallest absolute Gasteiger partial charge is 0.246 e. The van der Waals surface area contributed by atoms with Crippen molar-refractivity contribution in [2.24, 2.45) is 0 Å². The van der Waals surface area contributed by atoms with Crippen LogP contribution in [0.1, 0.15) is 25.7 Å². The Balaban J connectivity index is 1.27. The van der Waals surface area contributed by atoms with E-state index in [1.807, 2.05) is 29.3 Å². The van der Waals surface area contributed by atoms with Crippen molar-refractivity contribution in [1.82, 2.24) is 24.8 Å². The first-order chi connectivity index (χ1) is 16.1. The Morgan fingerprint density at radius 1 is 1.21 bits per heavy atom. The number of hydrogen-bond donors (Lipinski definition) is 2. The van der Waals surface area contributed by atoms with Crippen molar-refractivity contribution >= 4 is 34.4 Å². The van der Waals surface area contributed by atoms with E-state index in [1.165, 1.54) is 12.5 Å². The summed E-state index contributed by atoms with van der Waals surface area (Å²) in [5.74, 6) is 0.649. The summed E-state index contributed by atoms with van der Waals surface area (Å²) in [5.41, 5.74) is 2.78. The fraction of sp³-hybridized carbons (Fsp3) is 0.400. The number of piperazine rings is 1. The topological polar surface area (TPSA) is 77.2 Å². The zero-order chi connectivity index (χ0) is 22.8. The normalized spacial score (nSPS) is 21.8. The van der Waals surface area contributed by atoms with Crippen LogP contribution >= 0.6 is 11.6 Å². The summed E-state index contributed by atoms with van der Waals surface area (Å²) in [6.07, 6.45) is 9.55. The molecular formula is C25H29ClN6O. The first kappa shape index (κ1) is 21.9. The molecule has 3 aromatic rings. The van der Waals surface area contributed by atoms with E-state index in [9.17, 15) is 4.79 Å². The molecule has 5 rings (SSSR count). The lowest BCUT2D eigenvalue weighted by Gasteiger charge is -2.42. The molecule has 1 aliphatic heterocycles. The molecule has 1 aromatic carbocycles. The van der Waals surface area contributed by atoms with Gasteiger partial charge in [-0.1, -0.05) is 36.4 Å². The van der Waals surface area contributed by atoms with Gasteiger partial charge in [0.2, 0.25) is 11.9 Å². The van der Waals surface area contributed by atoms with Gasteiger partial charge in [-0.05, 0) is 37.8 Å². The van der Waals surface area contributed by atoms with Gasteiger partial charge in [0.05, 0.1) is 16.9 Å². The average Bonchev–Trinajstić information content (AvgIpc) is 3.29. The number of nitrogens with one attached hydrogen (secondary N) is 2. The van der Waals surface area contributed by atoms with E-state index in [0.29, 0.717) is 23.1 Å². The maximum absolute atomic E-state index is 11.9. The minimum atomic E-state index is 0.0312. The molecule has 1 saturated heterocycles. The molecular weight excluding hydrogens is 436 g/mol.